The van der Waals surface area contributed by atoms with E-state index in [2.05, 4.69) is 15.8 Å². The smallest absolute Gasteiger partial charge is 0.329 e. The number of piperidine rings is 1. The molecule has 3 amide bonds. The second-order valence-corrected chi connectivity index (χ2v) is 7.32. The number of hydrogen-bond acceptors (Lipinski definition) is 6. The van der Waals surface area contributed by atoms with Crippen molar-refractivity contribution in [2.45, 2.75) is 45.1 Å². The summed E-state index contributed by atoms with van der Waals surface area (Å²) in [4.78, 5) is 37.4. The van der Waals surface area contributed by atoms with Crippen LogP contribution in [0.5, 0.6) is 11.5 Å². The number of nitrogens with one attached hydrogen (secondary N) is 2. The fourth-order valence-corrected chi connectivity index (χ4v) is 3.06. The standard InChI is InChI=1S/C21H28N4O5/c1-2-29-18-12-15(13-22-24-21(28)20(27)23-16-7-8-16)6-9-17(18)30-14-19(26)25-10-4-3-5-11-25/h6,9,12-13,16H,2-5,7-8,10-11,14H2,1H3,(H,23,27)(H,24,28)/b22-13-. The van der Waals surface area contributed by atoms with Gasteiger partial charge in [-0.25, -0.2) is 5.43 Å². The van der Waals surface area contributed by atoms with Gasteiger partial charge >= 0.3 is 11.8 Å². The number of amides is 3. The minimum atomic E-state index is -0.806. The van der Waals surface area contributed by atoms with Gasteiger partial charge in [0.2, 0.25) is 0 Å². The summed E-state index contributed by atoms with van der Waals surface area (Å²) in [6.07, 6.45) is 6.44. The van der Waals surface area contributed by atoms with Crippen LogP contribution >= 0.6 is 0 Å². The van der Waals surface area contributed by atoms with Gasteiger partial charge in [-0.2, -0.15) is 5.10 Å². The molecule has 0 spiro atoms. The summed E-state index contributed by atoms with van der Waals surface area (Å²) in [6, 6.07) is 5.22. The first kappa shape index (κ1) is 21.6. The van der Waals surface area contributed by atoms with E-state index in [0.717, 1.165) is 45.2 Å². The molecule has 0 radical (unpaired) electrons. The van der Waals surface area contributed by atoms with Gasteiger partial charge in [-0.1, -0.05) is 0 Å². The van der Waals surface area contributed by atoms with E-state index in [1.54, 1.807) is 18.2 Å². The molecule has 1 saturated carbocycles. The van der Waals surface area contributed by atoms with Gasteiger partial charge in [-0.15, -0.1) is 0 Å². The molecule has 0 aromatic heterocycles. The molecular weight excluding hydrogens is 388 g/mol. The summed E-state index contributed by atoms with van der Waals surface area (Å²) in [5.41, 5.74) is 2.85. The van der Waals surface area contributed by atoms with E-state index in [1.807, 2.05) is 11.8 Å². The van der Waals surface area contributed by atoms with Gasteiger partial charge in [-0.05, 0) is 62.8 Å². The largest absolute Gasteiger partial charge is 0.490 e. The van der Waals surface area contributed by atoms with Crippen LogP contribution in [0, 0.1) is 0 Å². The third-order valence-corrected chi connectivity index (χ3v) is 4.83. The van der Waals surface area contributed by atoms with Gasteiger partial charge in [-0.3, -0.25) is 14.4 Å². The molecule has 1 aromatic rings. The Balaban J connectivity index is 1.54. The highest BCUT2D eigenvalue weighted by molar-refractivity contribution is 6.35. The fourth-order valence-electron chi connectivity index (χ4n) is 3.06. The molecule has 1 saturated heterocycles. The number of likely N-dealkylation sites (tertiary alicyclic amines) is 1. The number of benzene rings is 1. The molecule has 0 bridgehead atoms. The van der Waals surface area contributed by atoms with Crippen LogP contribution in [0.15, 0.2) is 23.3 Å². The summed E-state index contributed by atoms with van der Waals surface area (Å²) in [7, 11) is 0. The van der Waals surface area contributed by atoms with Crippen LogP contribution in [0.1, 0.15) is 44.6 Å². The molecule has 0 unspecified atom stereocenters. The number of hydrazone groups is 1. The molecule has 0 atom stereocenters. The SMILES string of the molecule is CCOc1cc(/C=N\NC(=O)C(=O)NC2CC2)ccc1OCC(=O)N1CCCCC1. The van der Waals surface area contributed by atoms with Gasteiger partial charge in [0, 0.05) is 19.1 Å². The predicted molar refractivity (Wildman–Crippen MR) is 110 cm³/mol. The van der Waals surface area contributed by atoms with Crippen LogP contribution in [-0.4, -0.2) is 61.2 Å². The molecule has 162 valence electrons. The van der Waals surface area contributed by atoms with Crippen molar-refractivity contribution in [1.82, 2.24) is 15.6 Å². The Morgan fingerprint density at radius 3 is 2.57 bits per heavy atom. The van der Waals surface area contributed by atoms with Crippen molar-refractivity contribution in [3.05, 3.63) is 23.8 Å². The van der Waals surface area contributed by atoms with E-state index in [-0.39, 0.29) is 18.6 Å². The number of carbonyl (C=O) groups is 3. The van der Waals surface area contributed by atoms with E-state index in [9.17, 15) is 14.4 Å². The molecule has 2 fully saturated rings. The second kappa shape index (κ2) is 10.6. The average molecular weight is 416 g/mol. The van der Waals surface area contributed by atoms with Gasteiger partial charge in [0.1, 0.15) is 0 Å². The fraction of sp³-hybridized carbons (Fsp3) is 0.524. The molecule has 2 N–H and O–H groups in total. The topological polar surface area (TPSA) is 109 Å². The van der Waals surface area contributed by atoms with Crippen molar-refractivity contribution in [1.29, 1.82) is 0 Å². The Labute approximate surface area is 175 Å². The molecule has 1 aliphatic heterocycles. The minimum absolute atomic E-state index is 0.0324. The van der Waals surface area contributed by atoms with E-state index in [0.29, 0.717) is 23.7 Å². The molecule has 30 heavy (non-hydrogen) atoms. The van der Waals surface area contributed by atoms with E-state index in [4.69, 9.17) is 9.47 Å². The molecule has 1 aromatic carbocycles. The lowest BCUT2D eigenvalue weighted by molar-refractivity contribution is -0.139. The second-order valence-electron chi connectivity index (χ2n) is 7.32. The van der Waals surface area contributed by atoms with E-state index >= 15 is 0 Å². The molecule has 3 rings (SSSR count). The molecule has 1 aliphatic carbocycles. The lowest BCUT2D eigenvalue weighted by Gasteiger charge is -2.26. The Bertz CT molecular complexity index is 801. The molecule has 9 heteroatoms. The highest BCUT2D eigenvalue weighted by Crippen LogP contribution is 2.28. The Morgan fingerprint density at radius 1 is 1.10 bits per heavy atom. The van der Waals surface area contributed by atoms with Crippen molar-refractivity contribution in [3.63, 3.8) is 0 Å². The number of nitrogens with zero attached hydrogens (tertiary/aromatic N) is 2. The first-order valence-corrected chi connectivity index (χ1v) is 10.4. The summed E-state index contributed by atoms with van der Waals surface area (Å²) in [5, 5.41) is 6.40. The Kier molecular flexibility index (Phi) is 7.64. The van der Waals surface area contributed by atoms with Crippen molar-refractivity contribution < 1.29 is 23.9 Å². The minimum Gasteiger partial charge on any atom is -0.490 e. The van der Waals surface area contributed by atoms with Gasteiger partial charge in [0.25, 0.3) is 5.91 Å². The Hall–Kier alpha value is -3.10. The van der Waals surface area contributed by atoms with Crippen molar-refractivity contribution in [3.8, 4) is 11.5 Å². The maximum atomic E-state index is 12.3. The number of hydrogen-bond donors (Lipinski definition) is 2. The number of ether oxygens (including phenoxy) is 2. The summed E-state index contributed by atoms with van der Waals surface area (Å²) < 4.78 is 11.3. The molecule has 1 heterocycles. The lowest BCUT2D eigenvalue weighted by atomic mass is 10.1. The van der Waals surface area contributed by atoms with Crippen LogP contribution < -0.4 is 20.2 Å². The van der Waals surface area contributed by atoms with Gasteiger partial charge in [0.15, 0.2) is 18.1 Å². The maximum Gasteiger partial charge on any atom is 0.329 e. The van der Waals surface area contributed by atoms with Crippen molar-refractivity contribution in [2.24, 2.45) is 5.10 Å². The predicted octanol–water partition coefficient (Wildman–Crippen LogP) is 1.21. The summed E-state index contributed by atoms with van der Waals surface area (Å²) in [5.74, 6) is -0.584. The normalized spacial score (nSPS) is 16.2. The Morgan fingerprint density at radius 2 is 1.87 bits per heavy atom. The average Bonchev–Trinajstić information content (AvgIpc) is 3.57. The van der Waals surface area contributed by atoms with Crippen LogP contribution in [0.2, 0.25) is 0 Å². The summed E-state index contributed by atoms with van der Waals surface area (Å²) in [6.45, 7) is 3.79. The van der Waals surface area contributed by atoms with Crippen LogP contribution in [-0.2, 0) is 14.4 Å². The van der Waals surface area contributed by atoms with Gasteiger partial charge < -0.3 is 19.7 Å². The number of carbonyl (C=O) groups excluding carboxylic acids is 3. The third kappa shape index (κ3) is 6.47. The summed E-state index contributed by atoms with van der Waals surface area (Å²) >= 11 is 0. The zero-order chi connectivity index (χ0) is 21.3. The van der Waals surface area contributed by atoms with E-state index in [1.165, 1.54) is 6.21 Å². The molecular formula is C21H28N4O5. The molecule has 2 aliphatic rings. The zero-order valence-corrected chi connectivity index (χ0v) is 17.2. The monoisotopic (exact) mass is 416 g/mol. The van der Waals surface area contributed by atoms with Crippen molar-refractivity contribution in [2.75, 3.05) is 26.3 Å². The first-order valence-electron chi connectivity index (χ1n) is 10.4. The quantitative estimate of drug-likeness (QED) is 0.376. The number of rotatable bonds is 8. The van der Waals surface area contributed by atoms with E-state index < -0.39 is 11.8 Å². The van der Waals surface area contributed by atoms with Crippen molar-refractivity contribution >= 4 is 23.9 Å². The highest BCUT2D eigenvalue weighted by Gasteiger charge is 2.26. The lowest BCUT2D eigenvalue weighted by Crippen LogP contribution is -2.38. The zero-order valence-electron chi connectivity index (χ0n) is 17.2. The van der Waals surface area contributed by atoms with Crippen LogP contribution in [0.3, 0.4) is 0 Å². The third-order valence-electron chi connectivity index (χ3n) is 4.83. The van der Waals surface area contributed by atoms with Crippen LogP contribution in [0.4, 0.5) is 0 Å². The molecule has 9 nitrogen and oxygen atoms in total. The van der Waals surface area contributed by atoms with Crippen LogP contribution in [0.25, 0.3) is 0 Å². The van der Waals surface area contributed by atoms with Gasteiger partial charge in [0.05, 0.1) is 12.8 Å². The first-order chi connectivity index (χ1) is 14.6. The maximum absolute atomic E-state index is 12.3. The highest BCUT2D eigenvalue weighted by atomic mass is 16.5.